The van der Waals surface area contributed by atoms with E-state index < -0.39 is 5.72 Å². The summed E-state index contributed by atoms with van der Waals surface area (Å²) in [5.41, 5.74) is 1.28. The number of carbonyl (C=O) groups is 2. The second kappa shape index (κ2) is 13.0. The van der Waals surface area contributed by atoms with Crippen LogP contribution < -0.4 is 0 Å². The van der Waals surface area contributed by atoms with Crippen LogP contribution in [0, 0.1) is 0 Å². The van der Waals surface area contributed by atoms with Crippen molar-refractivity contribution in [3.63, 3.8) is 0 Å². The molecule has 0 aliphatic carbocycles. The molecule has 0 spiro atoms. The molecular weight excluding hydrogens is 537 g/mol. The monoisotopic (exact) mass is 571 g/mol. The minimum Gasteiger partial charge on any atom is -0.366 e. The van der Waals surface area contributed by atoms with Crippen molar-refractivity contribution in [2.45, 2.75) is 50.2 Å². The van der Waals surface area contributed by atoms with Gasteiger partial charge in [-0.15, -0.1) is 0 Å². The van der Waals surface area contributed by atoms with Crippen LogP contribution in [0.2, 0.25) is 10.0 Å². The van der Waals surface area contributed by atoms with Crippen LogP contribution in [0.4, 0.5) is 0 Å². The third-order valence-electron chi connectivity index (χ3n) is 7.94. The lowest BCUT2D eigenvalue weighted by molar-refractivity contribution is -0.181. The minimum absolute atomic E-state index is 0.0527. The van der Waals surface area contributed by atoms with E-state index in [2.05, 4.69) is 5.94 Å². The summed E-state index contributed by atoms with van der Waals surface area (Å²) >= 11 is 12.5. The topological polar surface area (TPSA) is 70.2 Å². The van der Waals surface area contributed by atoms with E-state index in [0.29, 0.717) is 73.2 Å². The fraction of sp³-hybridized carbons (Fsp3) is 0.467. The third kappa shape index (κ3) is 6.67. The number of benzene rings is 2. The molecule has 4 rings (SSSR count). The maximum absolute atomic E-state index is 13.1. The number of hydrogen-bond acceptors (Lipinski definition) is 5. The summed E-state index contributed by atoms with van der Waals surface area (Å²) in [6.07, 6.45) is 3.90. The summed E-state index contributed by atoms with van der Waals surface area (Å²) in [7, 11) is 3.40. The van der Waals surface area contributed by atoms with Gasteiger partial charge in [0.05, 0.1) is 10.0 Å². The average molecular weight is 573 g/mol. The van der Waals surface area contributed by atoms with Crippen molar-refractivity contribution in [1.29, 1.82) is 0 Å². The standard InChI is InChI=1S/C30H35Cl2N3O4/c1-33(29(38)22-8-4-3-5-9-22)20-24(23-11-12-26(31)27(32)18-23)13-16-34-17-14-30(39-2,19-25(34)21-36)35-15-7-6-10-28(35)37/h3-5,8-9,11-12,18,24H,6-7,10,13-17,19-20H2,1-2H3/t24-,30?/m1/s1. The molecule has 2 saturated heterocycles. The van der Waals surface area contributed by atoms with Gasteiger partial charge in [-0.2, -0.15) is 0 Å². The van der Waals surface area contributed by atoms with Gasteiger partial charge in [0.2, 0.25) is 5.91 Å². The van der Waals surface area contributed by atoms with E-state index in [1.807, 2.05) is 40.1 Å². The summed E-state index contributed by atoms with van der Waals surface area (Å²) < 4.78 is 5.92. The van der Waals surface area contributed by atoms with Crippen molar-refractivity contribution in [3.8, 4) is 0 Å². The Bertz CT molecular complexity index is 1230. The van der Waals surface area contributed by atoms with Gasteiger partial charge in [-0.3, -0.25) is 9.59 Å². The van der Waals surface area contributed by atoms with Crippen molar-refractivity contribution in [2.75, 3.05) is 40.3 Å². The SMILES string of the molecule is COC1(N2CCCCC2=O)CCN(CC[C@H](CN(C)C(=O)c2ccccc2)c2ccc(Cl)c(Cl)c2)C(=C=O)C1. The lowest BCUT2D eigenvalue weighted by Gasteiger charge is -2.49. The normalized spacial score (nSPS) is 20.5. The Balaban J connectivity index is 1.50. The second-order valence-electron chi connectivity index (χ2n) is 10.3. The molecule has 2 aromatic rings. The van der Waals surface area contributed by atoms with Crippen LogP contribution in [-0.2, 0) is 14.3 Å². The summed E-state index contributed by atoms with van der Waals surface area (Å²) in [5, 5.41) is 0.928. The van der Waals surface area contributed by atoms with Gasteiger partial charge in [0.1, 0.15) is 11.6 Å². The number of piperidine rings is 2. The van der Waals surface area contributed by atoms with Crippen molar-refractivity contribution < 1.29 is 19.1 Å². The Hall–Kier alpha value is -2.83. The molecule has 0 aromatic heterocycles. The number of methoxy groups -OCH3 is 1. The summed E-state index contributed by atoms with van der Waals surface area (Å²) in [6.45, 7) is 2.25. The first-order valence-electron chi connectivity index (χ1n) is 13.4. The number of amides is 2. The zero-order chi connectivity index (χ0) is 28.0. The summed E-state index contributed by atoms with van der Waals surface area (Å²) in [6, 6.07) is 14.7. The quantitative estimate of drug-likeness (QED) is 0.376. The molecule has 2 aliphatic rings. The third-order valence-corrected chi connectivity index (χ3v) is 8.67. The van der Waals surface area contributed by atoms with Crippen molar-refractivity contribution in [1.82, 2.24) is 14.7 Å². The van der Waals surface area contributed by atoms with Crippen LogP contribution in [-0.4, -0.2) is 78.5 Å². The first-order chi connectivity index (χ1) is 18.8. The highest BCUT2D eigenvalue weighted by Gasteiger charge is 2.45. The number of rotatable bonds is 9. The van der Waals surface area contributed by atoms with Gasteiger partial charge in [0.15, 0.2) is 5.72 Å². The Labute approximate surface area is 240 Å². The Morgan fingerprint density at radius 1 is 1.13 bits per heavy atom. The molecule has 208 valence electrons. The fourth-order valence-corrected chi connectivity index (χ4v) is 5.97. The lowest BCUT2D eigenvalue weighted by atomic mass is 9.91. The zero-order valence-corrected chi connectivity index (χ0v) is 24.0. The van der Waals surface area contributed by atoms with Crippen molar-refractivity contribution >= 4 is 41.0 Å². The van der Waals surface area contributed by atoms with Crippen LogP contribution in [0.1, 0.15) is 60.4 Å². The Morgan fingerprint density at radius 2 is 1.90 bits per heavy atom. The van der Waals surface area contributed by atoms with Gasteiger partial charge < -0.3 is 19.4 Å². The molecule has 0 bridgehead atoms. The first kappa shape index (κ1) is 29.2. The number of hydrogen-bond donors (Lipinski definition) is 0. The van der Waals surface area contributed by atoms with Gasteiger partial charge in [-0.25, -0.2) is 4.79 Å². The molecule has 0 saturated carbocycles. The van der Waals surface area contributed by atoms with Crippen LogP contribution in [0.3, 0.4) is 0 Å². The molecule has 0 N–H and O–H groups in total. The highest BCUT2D eigenvalue weighted by Crippen LogP contribution is 2.37. The van der Waals surface area contributed by atoms with E-state index >= 15 is 0 Å². The molecule has 7 nitrogen and oxygen atoms in total. The molecule has 2 fully saturated rings. The van der Waals surface area contributed by atoms with E-state index in [1.54, 1.807) is 37.3 Å². The van der Waals surface area contributed by atoms with E-state index in [9.17, 15) is 14.4 Å². The maximum atomic E-state index is 13.1. The average Bonchev–Trinajstić information content (AvgIpc) is 2.97. The van der Waals surface area contributed by atoms with Crippen molar-refractivity contribution in [2.24, 2.45) is 0 Å². The first-order valence-corrected chi connectivity index (χ1v) is 14.1. The Kier molecular flexibility index (Phi) is 9.73. The maximum Gasteiger partial charge on any atom is 0.253 e. The number of nitrogens with zero attached hydrogens (tertiary/aromatic N) is 3. The van der Waals surface area contributed by atoms with Crippen LogP contribution in [0.15, 0.2) is 54.2 Å². The van der Waals surface area contributed by atoms with Gasteiger partial charge in [0, 0.05) is 71.1 Å². The molecule has 0 radical (unpaired) electrons. The number of halogens is 2. The number of likely N-dealkylation sites (tertiary alicyclic amines) is 2. The Morgan fingerprint density at radius 3 is 2.56 bits per heavy atom. The second-order valence-corrected chi connectivity index (χ2v) is 11.1. The molecule has 2 atom stereocenters. The van der Waals surface area contributed by atoms with Crippen LogP contribution in [0.25, 0.3) is 0 Å². The van der Waals surface area contributed by atoms with Gasteiger partial charge >= 0.3 is 0 Å². The molecule has 2 amide bonds. The smallest absolute Gasteiger partial charge is 0.253 e. The fourth-order valence-electron chi connectivity index (χ4n) is 5.66. The molecule has 9 heteroatoms. The van der Waals surface area contributed by atoms with Gasteiger partial charge in [-0.1, -0.05) is 47.5 Å². The van der Waals surface area contributed by atoms with E-state index in [0.717, 1.165) is 18.4 Å². The van der Waals surface area contributed by atoms with Gasteiger partial charge in [0.25, 0.3) is 5.91 Å². The van der Waals surface area contributed by atoms with Gasteiger partial charge in [-0.05, 0) is 49.1 Å². The van der Waals surface area contributed by atoms with E-state index in [1.165, 1.54) is 0 Å². The molecule has 2 heterocycles. The largest absolute Gasteiger partial charge is 0.366 e. The lowest BCUT2D eigenvalue weighted by Crippen LogP contribution is -2.59. The van der Waals surface area contributed by atoms with E-state index in [4.69, 9.17) is 27.9 Å². The summed E-state index contributed by atoms with van der Waals surface area (Å²) in [4.78, 5) is 43.4. The van der Waals surface area contributed by atoms with Crippen molar-refractivity contribution in [3.05, 3.63) is 75.4 Å². The molecule has 2 aliphatic heterocycles. The number of ether oxygens (including phenoxy) is 1. The molecule has 1 unspecified atom stereocenters. The number of carbonyl (C=O) groups excluding carboxylic acids is 3. The highest BCUT2D eigenvalue weighted by molar-refractivity contribution is 6.42. The zero-order valence-electron chi connectivity index (χ0n) is 22.5. The predicted octanol–water partition coefficient (Wildman–Crippen LogP) is 5.41. The van der Waals surface area contributed by atoms with Crippen LogP contribution >= 0.6 is 23.2 Å². The van der Waals surface area contributed by atoms with Crippen LogP contribution in [0.5, 0.6) is 0 Å². The predicted molar refractivity (Wildman–Crippen MR) is 153 cm³/mol. The van der Waals surface area contributed by atoms with E-state index in [-0.39, 0.29) is 17.7 Å². The minimum atomic E-state index is -0.813. The molecule has 2 aromatic carbocycles. The highest BCUT2D eigenvalue weighted by atomic mass is 35.5. The number of likely N-dealkylation sites (N-methyl/N-ethyl adjacent to an activating group) is 1. The summed E-state index contributed by atoms with van der Waals surface area (Å²) in [5.74, 6) is 2.09. The molecular formula is C30H35Cl2N3O4. The molecule has 39 heavy (non-hydrogen) atoms.